The molecule has 0 amide bonds. The Labute approximate surface area is 85.9 Å². The number of ketones is 1. The zero-order valence-corrected chi connectivity index (χ0v) is 8.14. The van der Waals surface area contributed by atoms with Gasteiger partial charge >= 0.3 is 6.18 Å². The fraction of sp³-hybridized carbons (Fsp3) is 0.273. The summed E-state index contributed by atoms with van der Waals surface area (Å²) in [6, 6.07) is 4.80. The molecule has 4 heteroatoms. The molecule has 1 aromatic rings. The molecule has 0 saturated heterocycles. The molecule has 0 saturated carbocycles. The molecule has 0 N–H and O–H groups in total. The van der Waals surface area contributed by atoms with Gasteiger partial charge in [-0.25, -0.2) is 0 Å². The van der Waals surface area contributed by atoms with Gasteiger partial charge < -0.3 is 0 Å². The normalized spacial score (nSPS) is 11.5. The van der Waals surface area contributed by atoms with E-state index >= 15 is 0 Å². The number of benzene rings is 1. The van der Waals surface area contributed by atoms with E-state index in [0.29, 0.717) is 6.42 Å². The summed E-state index contributed by atoms with van der Waals surface area (Å²) >= 11 is 0. The number of hydrogen-bond acceptors (Lipinski definition) is 1. The minimum Gasteiger partial charge on any atom is -0.294 e. The smallest absolute Gasteiger partial charge is 0.294 e. The molecule has 0 aliphatic rings. The lowest BCUT2D eigenvalue weighted by Crippen LogP contribution is -2.13. The molecule has 0 fully saturated rings. The Morgan fingerprint density at radius 3 is 2.47 bits per heavy atom. The van der Waals surface area contributed by atoms with E-state index in [1.807, 2.05) is 0 Å². The Kier molecular flexibility index (Phi) is 3.50. The van der Waals surface area contributed by atoms with Crippen LogP contribution in [0.3, 0.4) is 0 Å². The molecule has 0 aromatic heterocycles. The third-order valence-electron chi connectivity index (χ3n) is 1.89. The number of carbonyl (C=O) groups excluding carboxylic acids is 1. The summed E-state index contributed by atoms with van der Waals surface area (Å²) in [4.78, 5) is 11.4. The van der Waals surface area contributed by atoms with Crippen molar-refractivity contribution in [3.8, 4) is 0 Å². The second kappa shape index (κ2) is 4.47. The quantitative estimate of drug-likeness (QED) is 0.705. The Morgan fingerprint density at radius 1 is 1.33 bits per heavy atom. The first-order valence-electron chi connectivity index (χ1n) is 4.50. The van der Waals surface area contributed by atoms with Gasteiger partial charge in [-0.1, -0.05) is 25.1 Å². The molecule has 1 nitrogen and oxygen atoms in total. The summed E-state index contributed by atoms with van der Waals surface area (Å²) in [5, 5.41) is 0. The van der Waals surface area contributed by atoms with E-state index in [1.165, 1.54) is 24.6 Å². The van der Waals surface area contributed by atoms with E-state index in [2.05, 4.69) is 0 Å². The van der Waals surface area contributed by atoms with Crippen molar-refractivity contribution in [2.24, 2.45) is 0 Å². The maximum absolute atomic E-state index is 12.5. The van der Waals surface area contributed by atoms with Gasteiger partial charge in [-0.2, -0.15) is 13.2 Å². The number of Topliss-reactive ketones (excluding diaryl/α,β-unsaturated/α-hetero) is 1. The lowest BCUT2D eigenvalue weighted by molar-refractivity contribution is -0.137. The van der Waals surface area contributed by atoms with Crippen LogP contribution in [0.15, 0.2) is 24.3 Å². The summed E-state index contributed by atoms with van der Waals surface area (Å²) in [7, 11) is 0. The van der Waals surface area contributed by atoms with Crippen LogP contribution < -0.4 is 0 Å². The Hall–Kier alpha value is -1.32. The van der Waals surface area contributed by atoms with Crippen LogP contribution in [-0.4, -0.2) is 5.78 Å². The van der Waals surface area contributed by atoms with Crippen LogP contribution in [0, 0.1) is 6.42 Å². The zero-order valence-electron chi connectivity index (χ0n) is 8.14. The molecule has 15 heavy (non-hydrogen) atoms. The Morgan fingerprint density at radius 2 is 1.93 bits per heavy atom. The number of carbonyl (C=O) groups is 1. The van der Waals surface area contributed by atoms with Crippen molar-refractivity contribution in [2.75, 3.05) is 0 Å². The van der Waals surface area contributed by atoms with Gasteiger partial charge in [-0.3, -0.25) is 4.79 Å². The molecule has 1 rings (SSSR count). The van der Waals surface area contributed by atoms with Crippen molar-refractivity contribution in [3.63, 3.8) is 0 Å². The van der Waals surface area contributed by atoms with Crippen molar-refractivity contribution in [1.82, 2.24) is 0 Å². The van der Waals surface area contributed by atoms with Crippen LogP contribution in [0.5, 0.6) is 0 Å². The highest BCUT2D eigenvalue weighted by Crippen LogP contribution is 2.32. The molecular formula is C11H10F3O. The van der Waals surface area contributed by atoms with E-state index in [-0.39, 0.29) is 5.56 Å². The molecule has 81 valence electrons. The van der Waals surface area contributed by atoms with Crippen LogP contribution in [-0.2, 0) is 6.18 Å². The molecule has 0 spiro atoms. The third-order valence-corrected chi connectivity index (χ3v) is 1.89. The van der Waals surface area contributed by atoms with Gasteiger partial charge in [0.05, 0.1) is 5.56 Å². The monoisotopic (exact) mass is 215 g/mol. The molecule has 0 atom stereocenters. The van der Waals surface area contributed by atoms with E-state index < -0.39 is 17.5 Å². The number of alkyl halides is 3. The van der Waals surface area contributed by atoms with Crippen LogP contribution in [0.25, 0.3) is 0 Å². The average molecular weight is 215 g/mol. The van der Waals surface area contributed by atoms with Crippen molar-refractivity contribution < 1.29 is 18.0 Å². The van der Waals surface area contributed by atoms with Gasteiger partial charge in [-0.05, 0) is 12.5 Å². The average Bonchev–Trinajstić information content (AvgIpc) is 2.17. The van der Waals surface area contributed by atoms with Crippen molar-refractivity contribution >= 4 is 5.78 Å². The highest BCUT2D eigenvalue weighted by Gasteiger charge is 2.34. The summed E-state index contributed by atoms with van der Waals surface area (Å²) in [5.41, 5.74) is -1.16. The first-order valence-corrected chi connectivity index (χ1v) is 4.50. The minimum atomic E-state index is -4.48. The molecule has 1 aromatic carbocycles. The molecule has 1 radical (unpaired) electrons. The predicted molar refractivity (Wildman–Crippen MR) is 50.4 cm³/mol. The Balaban J connectivity index is 3.12. The zero-order chi connectivity index (χ0) is 11.5. The number of hydrogen-bond donors (Lipinski definition) is 0. The minimum absolute atomic E-state index is 0.285. The van der Waals surface area contributed by atoms with E-state index in [1.54, 1.807) is 6.92 Å². The fourth-order valence-corrected chi connectivity index (χ4v) is 1.24. The lowest BCUT2D eigenvalue weighted by Gasteiger charge is -2.10. The van der Waals surface area contributed by atoms with Gasteiger partial charge in [0.15, 0.2) is 5.78 Å². The largest absolute Gasteiger partial charge is 0.417 e. The summed E-state index contributed by atoms with van der Waals surface area (Å²) in [5.74, 6) is -0.578. The Bertz CT molecular complexity index is 355. The maximum Gasteiger partial charge on any atom is 0.417 e. The van der Waals surface area contributed by atoms with Gasteiger partial charge in [0.25, 0.3) is 0 Å². The highest BCUT2D eigenvalue weighted by molar-refractivity contribution is 6.03. The van der Waals surface area contributed by atoms with Crippen LogP contribution in [0.1, 0.15) is 29.3 Å². The topological polar surface area (TPSA) is 17.1 Å². The molecule has 0 heterocycles. The van der Waals surface area contributed by atoms with Crippen molar-refractivity contribution in [1.29, 1.82) is 0 Å². The second-order valence-corrected chi connectivity index (χ2v) is 3.02. The molecule has 0 aliphatic heterocycles. The standard InChI is InChI=1S/C11H10F3O/c1-2-5-10(15)8-6-3-4-7-9(8)11(12,13)14/h3-7H,2H2,1H3. The van der Waals surface area contributed by atoms with E-state index in [4.69, 9.17) is 0 Å². The van der Waals surface area contributed by atoms with Gasteiger partial charge in [0.1, 0.15) is 0 Å². The predicted octanol–water partition coefficient (Wildman–Crippen LogP) is 3.50. The molecule has 0 unspecified atom stereocenters. The van der Waals surface area contributed by atoms with Crippen molar-refractivity contribution in [3.05, 3.63) is 41.8 Å². The van der Waals surface area contributed by atoms with Crippen molar-refractivity contribution in [2.45, 2.75) is 19.5 Å². The number of rotatable bonds is 3. The second-order valence-electron chi connectivity index (χ2n) is 3.02. The van der Waals surface area contributed by atoms with Crippen LogP contribution in [0.2, 0.25) is 0 Å². The van der Waals surface area contributed by atoms with Gasteiger partial charge in [-0.15, -0.1) is 0 Å². The summed E-state index contributed by atoms with van der Waals surface area (Å²) < 4.78 is 37.4. The van der Waals surface area contributed by atoms with Crippen LogP contribution in [0.4, 0.5) is 13.2 Å². The van der Waals surface area contributed by atoms with Gasteiger partial charge in [0.2, 0.25) is 0 Å². The maximum atomic E-state index is 12.5. The number of halogens is 3. The highest BCUT2D eigenvalue weighted by atomic mass is 19.4. The van der Waals surface area contributed by atoms with E-state index in [0.717, 1.165) is 6.07 Å². The SMILES string of the molecule is CC[CH]C(=O)c1ccccc1C(F)(F)F. The van der Waals surface area contributed by atoms with E-state index in [9.17, 15) is 18.0 Å². The molecular weight excluding hydrogens is 205 g/mol. The first kappa shape index (κ1) is 11.8. The van der Waals surface area contributed by atoms with Gasteiger partial charge in [0, 0.05) is 12.0 Å². The molecule has 0 bridgehead atoms. The fourth-order valence-electron chi connectivity index (χ4n) is 1.24. The summed E-state index contributed by atoms with van der Waals surface area (Å²) in [6.45, 7) is 1.70. The van der Waals surface area contributed by atoms with Crippen LogP contribution >= 0.6 is 0 Å². The third kappa shape index (κ3) is 2.81. The summed E-state index contributed by atoms with van der Waals surface area (Å²) in [6.07, 6.45) is -2.82. The molecule has 0 aliphatic carbocycles. The lowest BCUT2D eigenvalue weighted by atomic mass is 10.0. The first-order chi connectivity index (χ1) is 6.96.